The van der Waals surface area contributed by atoms with Gasteiger partial charge in [0.2, 0.25) is 11.8 Å². The first kappa shape index (κ1) is 37.8. The maximum atomic E-state index is 14.4. The third-order valence-corrected chi connectivity index (χ3v) is 10.1. The minimum atomic E-state index is -0.937. The van der Waals surface area contributed by atoms with Gasteiger partial charge in [-0.25, -0.2) is 19.6 Å². The van der Waals surface area contributed by atoms with Gasteiger partial charge in [0.1, 0.15) is 30.3 Å². The normalized spacial score (nSPS) is 17.0. The van der Waals surface area contributed by atoms with E-state index in [9.17, 15) is 24.4 Å². The molecular formula is C37H42N10O6S. The van der Waals surface area contributed by atoms with E-state index < -0.39 is 24.3 Å². The number of nitrogens with two attached hydrogens (primary N) is 1. The highest BCUT2D eigenvalue weighted by molar-refractivity contribution is 7.22. The molecule has 2 atom stereocenters. The van der Waals surface area contributed by atoms with Crippen molar-refractivity contribution in [2.75, 3.05) is 59.7 Å². The van der Waals surface area contributed by atoms with Gasteiger partial charge in [-0.2, -0.15) is 10.3 Å². The van der Waals surface area contributed by atoms with Gasteiger partial charge in [-0.05, 0) is 61.1 Å². The first-order valence-electron chi connectivity index (χ1n) is 17.3. The number of fused-ring (bicyclic) bond motifs is 2. The molecule has 17 heteroatoms. The van der Waals surface area contributed by atoms with Crippen LogP contribution in [0.2, 0.25) is 0 Å². The zero-order chi connectivity index (χ0) is 38.4. The Balaban J connectivity index is 1.25. The Hall–Kier alpha value is -5.96. The molecule has 3 aromatic carbocycles. The molecule has 0 saturated carbocycles. The van der Waals surface area contributed by atoms with Crippen molar-refractivity contribution < 1.29 is 28.7 Å². The smallest absolute Gasteiger partial charge is 0.412 e. The molecule has 2 saturated heterocycles. The van der Waals surface area contributed by atoms with Gasteiger partial charge in [-0.3, -0.25) is 9.59 Å². The molecule has 1 aromatic heterocycles. The van der Waals surface area contributed by atoms with Gasteiger partial charge in [0.05, 0.1) is 36.5 Å². The molecule has 0 spiro atoms. The molecule has 2 aliphatic heterocycles. The van der Waals surface area contributed by atoms with Crippen LogP contribution in [-0.2, 0) is 29.1 Å². The summed E-state index contributed by atoms with van der Waals surface area (Å²) in [6.07, 6.45) is -1.19. The highest BCUT2D eigenvalue weighted by Gasteiger charge is 2.52. The van der Waals surface area contributed by atoms with Gasteiger partial charge < -0.3 is 40.5 Å². The number of nitrogen functional groups attached to an aromatic ring is 1. The Kier molecular flexibility index (Phi) is 11.8. The number of anilines is 1. The van der Waals surface area contributed by atoms with Crippen LogP contribution in [0.25, 0.3) is 10.2 Å². The number of urea groups is 1. The number of piperazine rings is 1. The number of hydrogen-bond donors (Lipinski definition) is 3. The van der Waals surface area contributed by atoms with Gasteiger partial charge >= 0.3 is 12.1 Å². The van der Waals surface area contributed by atoms with E-state index in [1.807, 2.05) is 49.3 Å². The fourth-order valence-corrected chi connectivity index (χ4v) is 7.33. The molecule has 4 N–H and O–H groups in total. The molecule has 2 aliphatic rings. The molecular weight excluding hydrogens is 713 g/mol. The van der Waals surface area contributed by atoms with E-state index in [1.165, 1.54) is 21.2 Å². The Bertz CT molecular complexity index is 2030. The van der Waals surface area contributed by atoms with E-state index in [4.69, 9.17) is 15.2 Å². The summed E-state index contributed by atoms with van der Waals surface area (Å²) in [5, 5.41) is 18.6. The zero-order valence-corrected chi connectivity index (χ0v) is 31.0. The van der Waals surface area contributed by atoms with Gasteiger partial charge in [0.15, 0.2) is 5.13 Å². The number of nitriles is 1. The Morgan fingerprint density at radius 2 is 1.76 bits per heavy atom. The molecule has 2 fully saturated rings. The number of thiazole rings is 1. The van der Waals surface area contributed by atoms with Crippen LogP contribution in [0.3, 0.4) is 0 Å². The van der Waals surface area contributed by atoms with Crippen molar-refractivity contribution in [1.29, 1.82) is 5.26 Å². The standard InChI is InChI=1S/C37H42N10O6S/c1-43(2)18-16-40-37(51)53-28-13-7-24(8-14-28)19-29-34(49)44(21-26-5-4-6-30-33(26)42-35(39)54-30)22-31-46(23-32(48)47(29)31)45(17-15-38)36(50)41-20-25-9-11-27(52-3)12-10-25/h4-14,29,31H,16-23H2,1-3H3,(H2,39,42)(H,40,51)(H,41,50)/t29-,31+/m0/s1. The molecule has 0 unspecified atom stereocenters. The third kappa shape index (κ3) is 8.63. The van der Waals surface area contributed by atoms with Crippen LogP contribution in [0.4, 0.5) is 14.7 Å². The predicted molar refractivity (Wildman–Crippen MR) is 201 cm³/mol. The van der Waals surface area contributed by atoms with E-state index in [0.717, 1.165) is 21.4 Å². The summed E-state index contributed by atoms with van der Waals surface area (Å²) in [6, 6.07) is 20.2. The third-order valence-electron chi connectivity index (χ3n) is 9.21. The Labute approximate surface area is 316 Å². The number of para-hydroxylation sites is 1. The van der Waals surface area contributed by atoms with Crippen molar-refractivity contribution in [3.8, 4) is 17.6 Å². The van der Waals surface area contributed by atoms with Crippen molar-refractivity contribution in [2.24, 2.45) is 0 Å². The molecule has 0 radical (unpaired) electrons. The quantitative estimate of drug-likeness (QED) is 0.170. The van der Waals surface area contributed by atoms with E-state index in [-0.39, 0.29) is 51.0 Å². The molecule has 282 valence electrons. The lowest BCUT2D eigenvalue weighted by Crippen LogP contribution is -2.66. The summed E-state index contributed by atoms with van der Waals surface area (Å²) in [7, 11) is 5.37. The summed E-state index contributed by atoms with van der Waals surface area (Å²) in [5.74, 6) is 0.364. The average molecular weight is 755 g/mol. The number of amides is 5. The minimum Gasteiger partial charge on any atom is -0.497 e. The van der Waals surface area contributed by atoms with Gasteiger partial charge in [0.25, 0.3) is 0 Å². The number of rotatable bonds is 13. The SMILES string of the molecule is COc1ccc(CNC(=O)N(CC#N)N2CC(=O)N3[C@@H](Cc4ccc(OC(=O)NCCN(C)C)cc4)C(=O)N(Cc4cccc5sc(N)nc45)C[C@@H]32)cc1. The number of nitrogens with zero attached hydrogens (tertiary/aromatic N) is 7. The second kappa shape index (κ2) is 16.8. The van der Waals surface area contributed by atoms with Crippen molar-refractivity contribution >= 4 is 50.6 Å². The van der Waals surface area contributed by atoms with Crippen LogP contribution in [0.5, 0.6) is 11.5 Å². The number of nitrogens with one attached hydrogen (secondary N) is 2. The first-order valence-corrected chi connectivity index (χ1v) is 18.1. The summed E-state index contributed by atoms with van der Waals surface area (Å²) >= 11 is 1.35. The van der Waals surface area contributed by atoms with Gasteiger partial charge in [0, 0.05) is 32.6 Å². The second-order valence-corrected chi connectivity index (χ2v) is 14.2. The monoisotopic (exact) mass is 754 g/mol. The number of aromatic nitrogens is 1. The minimum absolute atomic E-state index is 0.0699. The predicted octanol–water partition coefficient (Wildman–Crippen LogP) is 2.61. The zero-order valence-electron chi connectivity index (χ0n) is 30.2. The molecule has 3 heterocycles. The van der Waals surface area contributed by atoms with E-state index in [1.54, 1.807) is 53.4 Å². The van der Waals surface area contributed by atoms with Gasteiger partial charge in [-0.1, -0.05) is 47.7 Å². The first-order chi connectivity index (χ1) is 26.0. The number of methoxy groups -OCH3 is 1. The fourth-order valence-electron chi connectivity index (χ4n) is 6.55. The van der Waals surface area contributed by atoms with E-state index in [2.05, 4.69) is 21.7 Å². The van der Waals surface area contributed by atoms with Crippen molar-refractivity contribution in [3.63, 3.8) is 0 Å². The molecule has 4 aromatic rings. The molecule has 6 rings (SSSR count). The van der Waals surface area contributed by atoms with Crippen LogP contribution in [0.1, 0.15) is 16.7 Å². The number of hydrogen-bond acceptors (Lipinski definition) is 12. The molecule has 0 aliphatic carbocycles. The number of benzene rings is 3. The lowest BCUT2D eigenvalue weighted by atomic mass is 9.99. The van der Waals surface area contributed by atoms with Crippen molar-refractivity contribution in [1.82, 2.24) is 40.3 Å². The number of hydrazine groups is 1. The van der Waals surface area contributed by atoms with Crippen LogP contribution in [-0.4, -0.2) is 120 Å². The molecule has 0 bridgehead atoms. The summed E-state index contributed by atoms with van der Waals surface area (Å²) in [5.41, 5.74) is 9.05. The van der Waals surface area contributed by atoms with Crippen LogP contribution < -0.4 is 25.8 Å². The molecule has 54 heavy (non-hydrogen) atoms. The highest BCUT2D eigenvalue weighted by Crippen LogP contribution is 2.32. The van der Waals surface area contributed by atoms with E-state index >= 15 is 0 Å². The number of carbonyl (C=O) groups excluding carboxylic acids is 4. The number of likely N-dealkylation sites (N-methyl/N-ethyl adjacent to an activating group) is 1. The molecule has 16 nitrogen and oxygen atoms in total. The largest absolute Gasteiger partial charge is 0.497 e. The van der Waals surface area contributed by atoms with Crippen molar-refractivity contribution in [3.05, 3.63) is 83.4 Å². The average Bonchev–Trinajstić information content (AvgIpc) is 3.70. The Morgan fingerprint density at radius 3 is 2.46 bits per heavy atom. The summed E-state index contributed by atoms with van der Waals surface area (Å²) < 4.78 is 11.5. The van der Waals surface area contributed by atoms with E-state index in [0.29, 0.717) is 35.2 Å². The Morgan fingerprint density at radius 1 is 1.04 bits per heavy atom. The lowest BCUT2D eigenvalue weighted by molar-refractivity contribution is -0.157. The number of ether oxygens (including phenoxy) is 2. The topological polar surface area (TPSA) is 190 Å². The summed E-state index contributed by atoms with van der Waals surface area (Å²) in [6.45, 7) is 0.962. The summed E-state index contributed by atoms with van der Waals surface area (Å²) in [4.78, 5) is 63.8. The van der Waals surface area contributed by atoms with Crippen LogP contribution in [0.15, 0.2) is 66.7 Å². The second-order valence-electron chi connectivity index (χ2n) is 13.1. The maximum absolute atomic E-state index is 14.4. The van der Waals surface area contributed by atoms with Crippen LogP contribution >= 0.6 is 11.3 Å². The molecule has 5 amide bonds. The highest BCUT2D eigenvalue weighted by atomic mass is 32.1. The van der Waals surface area contributed by atoms with Gasteiger partial charge in [-0.15, -0.1) is 0 Å². The fraction of sp³-hybridized carbons (Fsp3) is 0.351. The van der Waals surface area contributed by atoms with Crippen LogP contribution in [0, 0.1) is 11.3 Å². The maximum Gasteiger partial charge on any atom is 0.412 e. The lowest BCUT2D eigenvalue weighted by Gasteiger charge is -2.46. The van der Waals surface area contributed by atoms with Crippen molar-refractivity contribution in [2.45, 2.75) is 31.7 Å². The number of carbonyl (C=O) groups is 4.